The molecule has 2 fully saturated rings. The number of carbonyl (C=O) groups is 3. The van der Waals surface area contributed by atoms with Gasteiger partial charge in [-0.15, -0.1) is 10.2 Å². The summed E-state index contributed by atoms with van der Waals surface area (Å²) in [7, 11) is 0. The molecule has 0 radical (unpaired) electrons. The maximum absolute atomic E-state index is 12.7. The number of hydrazine groups is 1. The molecule has 2 aromatic rings. The molecule has 0 atom stereocenters. The van der Waals surface area contributed by atoms with Crippen LogP contribution in [0.3, 0.4) is 0 Å². The second-order valence-corrected chi connectivity index (χ2v) is 7.21. The van der Waals surface area contributed by atoms with Gasteiger partial charge in [0.2, 0.25) is 5.82 Å². The first-order valence-corrected chi connectivity index (χ1v) is 9.28. The predicted octanol–water partition coefficient (Wildman–Crippen LogP) is 0.934. The summed E-state index contributed by atoms with van der Waals surface area (Å²) in [5.74, 6) is -0.579. The number of rotatable bonds is 4. The van der Waals surface area contributed by atoms with Crippen LogP contribution in [-0.2, 0) is 16.1 Å². The molecule has 4 amide bonds. The summed E-state index contributed by atoms with van der Waals surface area (Å²) in [5, 5.41) is 15.6. The number of benzene rings is 1. The first-order chi connectivity index (χ1) is 13.5. The Morgan fingerprint density at radius 3 is 2.71 bits per heavy atom. The number of tetrazole rings is 1. The number of aromatic nitrogens is 4. The zero-order chi connectivity index (χ0) is 19.7. The molecule has 1 spiro atoms. The molecule has 146 valence electrons. The third kappa shape index (κ3) is 3.21. The zero-order valence-corrected chi connectivity index (χ0v) is 15.5. The van der Waals surface area contributed by atoms with Gasteiger partial charge in [0.1, 0.15) is 12.1 Å². The van der Waals surface area contributed by atoms with Crippen LogP contribution in [0.1, 0.15) is 37.7 Å². The smallest absolute Gasteiger partial charge is 0.322 e. The Hall–Kier alpha value is -3.30. The molecule has 1 saturated carbocycles. The van der Waals surface area contributed by atoms with E-state index in [9.17, 15) is 14.4 Å². The monoisotopic (exact) mass is 383 g/mol. The summed E-state index contributed by atoms with van der Waals surface area (Å²) >= 11 is 0. The SMILES string of the molecule is Cc1ccccc1-c1nnn(CC(=O)NN2C(=O)NC3(CCCCC3)C2=O)n1. The minimum Gasteiger partial charge on any atom is -0.322 e. The maximum atomic E-state index is 12.7. The van der Waals surface area contributed by atoms with Gasteiger partial charge in [0.05, 0.1) is 0 Å². The molecule has 2 aliphatic rings. The molecule has 0 unspecified atom stereocenters. The van der Waals surface area contributed by atoms with Crippen LogP contribution in [-0.4, -0.2) is 48.6 Å². The Morgan fingerprint density at radius 1 is 1.21 bits per heavy atom. The van der Waals surface area contributed by atoms with Crippen molar-refractivity contribution in [1.29, 1.82) is 0 Å². The maximum Gasteiger partial charge on any atom is 0.344 e. The van der Waals surface area contributed by atoms with Crippen LogP contribution in [0.5, 0.6) is 0 Å². The predicted molar refractivity (Wildman–Crippen MR) is 97.3 cm³/mol. The minimum absolute atomic E-state index is 0.261. The number of carbonyl (C=O) groups excluding carboxylic acids is 3. The van der Waals surface area contributed by atoms with E-state index in [1.54, 1.807) is 0 Å². The van der Waals surface area contributed by atoms with Crippen molar-refractivity contribution < 1.29 is 14.4 Å². The van der Waals surface area contributed by atoms with Crippen molar-refractivity contribution in [3.63, 3.8) is 0 Å². The largest absolute Gasteiger partial charge is 0.344 e. The van der Waals surface area contributed by atoms with Crippen LogP contribution in [0.25, 0.3) is 11.4 Å². The summed E-state index contributed by atoms with van der Waals surface area (Å²) in [4.78, 5) is 38.3. The number of hydrogen-bond acceptors (Lipinski definition) is 6. The van der Waals surface area contributed by atoms with E-state index in [2.05, 4.69) is 26.2 Å². The molecule has 0 bridgehead atoms. The molecule has 10 heteroatoms. The Balaban J connectivity index is 1.42. The Bertz CT molecular complexity index is 933. The number of amides is 4. The van der Waals surface area contributed by atoms with Crippen LogP contribution in [0.2, 0.25) is 0 Å². The molecule has 1 aliphatic carbocycles. The number of nitrogens with zero attached hydrogens (tertiary/aromatic N) is 5. The van der Waals surface area contributed by atoms with Gasteiger partial charge in [0.15, 0.2) is 0 Å². The quantitative estimate of drug-likeness (QED) is 0.758. The molecule has 1 saturated heterocycles. The van der Waals surface area contributed by atoms with Crippen LogP contribution >= 0.6 is 0 Å². The lowest BCUT2D eigenvalue weighted by atomic mass is 9.82. The number of hydrogen-bond donors (Lipinski definition) is 2. The topological polar surface area (TPSA) is 122 Å². The second-order valence-electron chi connectivity index (χ2n) is 7.21. The number of imide groups is 1. The van der Waals surface area contributed by atoms with E-state index >= 15 is 0 Å². The van der Waals surface area contributed by atoms with E-state index in [-0.39, 0.29) is 6.54 Å². The van der Waals surface area contributed by atoms with E-state index in [0.29, 0.717) is 18.7 Å². The fourth-order valence-corrected chi connectivity index (χ4v) is 3.75. The highest BCUT2D eigenvalue weighted by molar-refractivity contribution is 6.07. The molecule has 1 aromatic carbocycles. The number of urea groups is 1. The van der Waals surface area contributed by atoms with Crippen molar-refractivity contribution in [2.75, 3.05) is 0 Å². The molecule has 2 N–H and O–H groups in total. The molecule has 2 heterocycles. The van der Waals surface area contributed by atoms with Crippen LogP contribution < -0.4 is 10.7 Å². The van der Waals surface area contributed by atoms with E-state index in [4.69, 9.17) is 0 Å². The van der Waals surface area contributed by atoms with Gasteiger partial charge in [0.25, 0.3) is 11.8 Å². The van der Waals surface area contributed by atoms with Crippen molar-refractivity contribution in [3.8, 4) is 11.4 Å². The molecule has 28 heavy (non-hydrogen) atoms. The van der Waals surface area contributed by atoms with Gasteiger partial charge < -0.3 is 5.32 Å². The Labute approximate surface area is 161 Å². The lowest BCUT2D eigenvalue weighted by Gasteiger charge is -2.30. The van der Waals surface area contributed by atoms with Crippen molar-refractivity contribution >= 4 is 17.8 Å². The summed E-state index contributed by atoms with van der Waals surface area (Å²) in [6.07, 6.45) is 3.97. The number of nitrogens with one attached hydrogen (secondary N) is 2. The second kappa shape index (κ2) is 7.02. The van der Waals surface area contributed by atoms with Crippen LogP contribution in [0, 0.1) is 6.92 Å². The van der Waals surface area contributed by atoms with Gasteiger partial charge in [-0.2, -0.15) is 9.81 Å². The summed E-state index contributed by atoms with van der Waals surface area (Å²) in [5.41, 5.74) is 3.29. The highest BCUT2D eigenvalue weighted by Gasteiger charge is 2.52. The third-order valence-corrected chi connectivity index (χ3v) is 5.23. The Kier molecular flexibility index (Phi) is 4.54. The van der Waals surface area contributed by atoms with E-state index in [0.717, 1.165) is 40.2 Å². The van der Waals surface area contributed by atoms with Gasteiger partial charge in [-0.25, -0.2) is 4.79 Å². The summed E-state index contributed by atoms with van der Waals surface area (Å²) in [6.45, 7) is 1.67. The molecule has 10 nitrogen and oxygen atoms in total. The fraction of sp³-hybridized carbons (Fsp3) is 0.444. The standard InChI is InChI=1S/C18H21N7O3/c1-12-7-3-4-8-13(12)15-20-23-24(22-15)11-14(26)21-25-16(27)18(19-17(25)28)9-5-2-6-10-18/h3-4,7-8H,2,5-6,9-11H2,1H3,(H,19,28)(H,21,26). The summed E-state index contributed by atoms with van der Waals surface area (Å²) in [6, 6.07) is 6.98. The van der Waals surface area contributed by atoms with Crippen LogP contribution in [0.15, 0.2) is 24.3 Å². The first kappa shape index (κ1) is 18.1. The normalized spacial score (nSPS) is 18.4. The van der Waals surface area contributed by atoms with Crippen molar-refractivity contribution in [2.24, 2.45) is 0 Å². The van der Waals surface area contributed by atoms with Crippen molar-refractivity contribution in [2.45, 2.75) is 51.1 Å². The van der Waals surface area contributed by atoms with E-state index in [1.165, 1.54) is 0 Å². The van der Waals surface area contributed by atoms with Gasteiger partial charge >= 0.3 is 6.03 Å². The highest BCUT2D eigenvalue weighted by Crippen LogP contribution is 2.32. The van der Waals surface area contributed by atoms with Crippen molar-refractivity contribution in [3.05, 3.63) is 29.8 Å². The average molecular weight is 383 g/mol. The molecular weight excluding hydrogens is 362 g/mol. The van der Waals surface area contributed by atoms with Crippen LogP contribution in [0.4, 0.5) is 4.79 Å². The lowest BCUT2D eigenvalue weighted by molar-refractivity contribution is -0.140. The highest BCUT2D eigenvalue weighted by atomic mass is 16.2. The number of aryl methyl sites for hydroxylation is 1. The zero-order valence-electron chi connectivity index (χ0n) is 15.5. The third-order valence-electron chi connectivity index (χ3n) is 5.23. The molecular formula is C18H21N7O3. The van der Waals surface area contributed by atoms with Gasteiger partial charge in [0, 0.05) is 5.56 Å². The minimum atomic E-state index is -0.883. The molecule has 1 aromatic heterocycles. The first-order valence-electron chi connectivity index (χ1n) is 9.28. The van der Waals surface area contributed by atoms with Gasteiger partial charge in [-0.05, 0) is 30.5 Å². The summed E-state index contributed by atoms with van der Waals surface area (Å²) < 4.78 is 0. The average Bonchev–Trinajstić information content (AvgIpc) is 3.22. The molecule has 4 rings (SSSR count). The van der Waals surface area contributed by atoms with E-state index in [1.807, 2.05) is 31.2 Å². The van der Waals surface area contributed by atoms with E-state index < -0.39 is 23.4 Å². The van der Waals surface area contributed by atoms with Gasteiger partial charge in [-0.1, -0.05) is 43.5 Å². The van der Waals surface area contributed by atoms with Crippen molar-refractivity contribution in [1.82, 2.24) is 36.0 Å². The lowest BCUT2D eigenvalue weighted by Crippen LogP contribution is -2.51. The Morgan fingerprint density at radius 2 is 1.96 bits per heavy atom. The fourth-order valence-electron chi connectivity index (χ4n) is 3.75. The van der Waals surface area contributed by atoms with Gasteiger partial charge in [-0.3, -0.25) is 15.0 Å². The molecule has 1 aliphatic heterocycles.